The second-order valence-electron chi connectivity index (χ2n) is 6.04. The lowest BCUT2D eigenvalue weighted by molar-refractivity contribution is 0.0946. The molecule has 1 aromatic carbocycles. The minimum Gasteiger partial charge on any atom is -0.438 e. The number of para-hydroxylation sites is 1. The maximum Gasteiger partial charge on any atom is 0.253 e. The van der Waals surface area contributed by atoms with Crippen molar-refractivity contribution in [3.05, 3.63) is 71.6 Å². The lowest BCUT2D eigenvalue weighted by Crippen LogP contribution is -2.31. The molecular formula is C20H16ClN3O2. The Kier molecular flexibility index (Phi) is 4.01. The Morgan fingerprint density at radius 1 is 1.19 bits per heavy atom. The molecule has 1 amide bonds. The number of nitrogens with one attached hydrogen (secondary N) is 2. The number of allylic oxidation sites excluding steroid dienone is 1. The molecule has 6 heteroatoms. The van der Waals surface area contributed by atoms with E-state index >= 15 is 0 Å². The monoisotopic (exact) mass is 365 g/mol. The number of aromatic nitrogens is 2. The van der Waals surface area contributed by atoms with Gasteiger partial charge < -0.3 is 15.0 Å². The Labute approximate surface area is 155 Å². The number of hydrogen-bond donors (Lipinski definition) is 2. The average molecular weight is 366 g/mol. The van der Waals surface area contributed by atoms with Crippen molar-refractivity contribution in [3.63, 3.8) is 0 Å². The van der Waals surface area contributed by atoms with Gasteiger partial charge in [-0.25, -0.2) is 4.98 Å². The first-order chi connectivity index (χ1) is 12.5. The van der Waals surface area contributed by atoms with Crippen LogP contribution in [0.2, 0.25) is 0 Å². The minimum atomic E-state index is -0.0529. The first kappa shape index (κ1) is 16.4. The zero-order valence-corrected chi connectivity index (χ0v) is 14.7. The third-order valence-electron chi connectivity index (χ3n) is 4.32. The maximum atomic E-state index is 12.0. The molecule has 1 aliphatic rings. The van der Waals surface area contributed by atoms with Gasteiger partial charge in [-0.15, -0.1) is 0 Å². The number of aromatic amines is 1. The molecule has 0 aliphatic carbocycles. The standard InChI is InChI=1S/C20H16ClN3O2/c1-11(21)12(2)26-18-7-6-13-4-3-5-14(19(13)24-18)17-10-15-16(23-17)8-9-22-20(15)25/h3-7,10,23H,1-2,8-9H2,(H,22,25). The van der Waals surface area contributed by atoms with Crippen molar-refractivity contribution in [2.45, 2.75) is 6.42 Å². The number of benzene rings is 1. The highest BCUT2D eigenvalue weighted by Crippen LogP contribution is 2.31. The highest BCUT2D eigenvalue weighted by Gasteiger charge is 2.21. The second-order valence-corrected chi connectivity index (χ2v) is 6.49. The highest BCUT2D eigenvalue weighted by molar-refractivity contribution is 6.31. The van der Waals surface area contributed by atoms with E-state index in [1.807, 2.05) is 30.3 Å². The molecule has 0 unspecified atom stereocenters. The normalized spacial score (nSPS) is 13.2. The van der Waals surface area contributed by atoms with Crippen LogP contribution in [0.5, 0.6) is 5.88 Å². The van der Waals surface area contributed by atoms with Gasteiger partial charge in [-0.1, -0.05) is 43.0 Å². The molecule has 4 rings (SSSR count). The zero-order chi connectivity index (χ0) is 18.3. The van der Waals surface area contributed by atoms with Crippen LogP contribution in [-0.4, -0.2) is 22.4 Å². The Morgan fingerprint density at radius 3 is 2.81 bits per heavy atom. The summed E-state index contributed by atoms with van der Waals surface area (Å²) in [7, 11) is 0. The van der Waals surface area contributed by atoms with Gasteiger partial charge >= 0.3 is 0 Å². The molecule has 0 radical (unpaired) electrons. The number of pyridine rings is 1. The molecule has 130 valence electrons. The lowest BCUT2D eigenvalue weighted by atomic mass is 10.1. The summed E-state index contributed by atoms with van der Waals surface area (Å²) >= 11 is 5.81. The first-order valence-electron chi connectivity index (χ1n) is 8.14. The van der Waals surface area contributed by atoms with Gasteiger partial charge in [0.05, 0.1) is 16.1 Å². The number of carbonyl (C=O) groups excluding carboxylic acids is 1. The van der Waals surface area contributed by atoms with Gasteiger partial charge in [-0.3, -0.25) is 4.79 Å². The number of halogens is 1. The molecule has 2 N–H and O–H groups in total. The van der Waals surface area contributed by atoms with E-state index in [4.69, 9.17) is 16.3 Å². The summed E-state index contributed by atoms with van der Waals surface area (Å²) in [6.45, 7) is 7.95. The Balaban J connectivity index is 1.81. The number of ether oxygens (including phenoxy) is 1. The fraction of sp³-hybridized carbons (Fsp3) is 0.100. The number of nitrogens with zero attached hydrogens (tertiary/aromatic N) is 1. The molecule has 0 spiro atoms. The van der Waals surface area contributed by atoms with Gasteiger partial charge in [0.15, 0.2) is 0 Å². The number of H-pyrrole nitrogens is 1. The molecule has 26 heavy (non-hydrogen) atoms. The molecule has 2 aromatic heterocycles. The number of amides is 1. The molecule has 5 nitrogen and oxygen atoms in total. The van der Waals surface area contributed by atoms with Crippen molar-refractivity contribution in [2.24, 2.45) is 0 Å². The summed E-state index contributed by atoms with van der Waals surface area (Å²) in [6, 6.07) is 11.4. The van der Waals surface area contributed by atoms with Crippen molar-refractivity contribution < 1.29 is 9.53 Å². The molecule has 0 saturated carbocycles. The lowest BCUT2D eigenvalue weighted by Gasteiger charge is -2.11. The van der Waals surface area contributed by atoms with Gasteiger partial charge in [0.1, 0.15) is 5.76 Å². The molecular weight excluding hydrogens is 350 g/mol. The van der Waals surface area contributed by atoms with E-state index in [0.29, 0.717) is 18.0 Å². The summed E-state index contributed by atoms with van der Waals surface area (Å²) in [5, 5.41) is 4.04. The summed E-state index contributed by atoms with van der Waals surface area (Å²) in [5.41, 5.74) is 4.13. The van der Waals surface area contributed by atoms with Crippen LogP contribution >= 0.6 is 11.6 Å². The molecule has 0 atom stereocenters. The average Bonchev–Trinajstić information content (AvgIpc) is 3.06. The van der Waals surface area contributed by atoms with Crippen LogP contribution in [0.15, 0.2) is 60.3 Å². The summed E-state index contributed by atoms with van der Waals surface area (Å²) in [4.78, 5) is 20.0. The Morgan fingerprint density at radius 2 is 2.04 bits per heavy atom. The van der Waals surface area contributed by atoms with Gasteiger partial charge in [0.2, 0.25) is 5.88 Å². The van der Waals surface area contributed by atoms with Crippen LogP contribution in [0, 0.1) is 0 Å². The van der Waals surface area contributed by atoms with Crippen molar-refractivity contribution >= 4 is 28.4 Å². The van der Waals surface area contributed by atoms with E-state index in [1.54, 1.807) is 6.07 Å². The molecule has 3 aromatic rings. The summed E-state index contributed by atoms with van der Waals surface area (Å²) in [5.74, 6) is 0.580. The number of carbonyl (C=O) groups is 1. The maximum absolute atomic E-state index is 12.0. The fourth-order valence-electron chi connectivity index (χ4n) is 3.02. The van der Waals surface area contributed by atoms with Gasteiger partial charge in [0, 0.05) is 41.4 Å². The van der Waals surface area contributed by atoms with Crippen LogP contribution in [0.4, 0.5) is 0 Å². The van der Waals surface area contributed by atoms with Gasteiger partial charge in [-0.05, 0) is 12.1 Å². The van der Waals surface area contributed by atoms with Crippen LogP contribution in [0.3, 0.4) is 0 Å². The van der Waals surface area contributed by atoms with Crippen molar-refractivity contribution in [2.75, 3.05) is 6.54 Å². The predicted octanol–water partition coefficient (Wildman–Crippen LogP) is 4.16. The third kappa shape index (κ3) is 2.86. The zero-order valence-electron chi connectivity index (χ0n) is 13.9. The van der Waals surface area contributed by atoms with Gasteiger partial charge in [-0.2, -0.15) is 0 Å². The number of fused-ring (bicyclic) bond motifs is 2. The van der Waals surface area contributed by atoms with E-state index in [-0.39, 0.29) is 16.7 Å². The van der Waals surface area contributed by atoms with E-state index in [1.165, 1.54) is 0 Å². The Bertz CT molecular complexity index is 1070. The topological polar surface area (TPSA) is 67.0 Å². The molecule has 1 aliphatic heterocycles. The molecule has 0 fully saturated rings. The van der Waals surface area contributed by atoms with Crippen LogP contribution < -0.4 is 10.1 Å². The van der Waals surface area contributed by atoms with Crippen LogP contribution in [0.25, 0.3) is 22.2 Å². The smallest absolute Gasteiger partial charge is 0.253 e. The quantitative estimate of drug-likeness (QED) is 0.539. The Hall–Kier alpha value is -3.05. The number of rotatable bonds is 4. The summed E-state index contributed by atoms with van der Waals surface area (Å²) in [6.07, 6.45) is 0.783. The number of hydrogen-bond acceptors (Lipinski definition) is 3. The van der Waals surface area contributed by atoms with E-state index < -0.39 is 0 Å². The molecule has 0 saturated heterocycles. The highest BCUT2D eigenvalue weighted by atomic mass is 35.5. The van der Waals surface area contributed by atoms with E-state index in [9.17, 15) is 4.79 Å². The van der Waals surface area contributed by atoms with E-state index in [0.717, 1.165) is 34.3 Å². The van der Waals surface area contributed by atoms with Crippen molar-refractivity contribution in [1.29, 1.82) is 0 Å². The van der Waals surface area contributed by atoms with Crippen LogP contribution in [-0.2, 0) is 6.42 Å². The van der Waals surface area contributed by atoms with Crippen molar-refractivity contribution in [1.82, 2.24) is 15.3 Å². The molecule has 3 heterocycles. The SMILES string of the molecule is C=C(Cl)C(=C)Oc1ccc2cccc(-c3cc4c([nH]3)CCNC4=O)c2n1. The first-order valence-corrected chi connectivity index (χ1v) is 8.52. The molecule has 0 bridgehead atoms. The van der Waals surface area contributed by atoms with Gasteiger partial charge in [0.25, 0.3) is 5.91 Å². The van der Waals surface area contributed by atoms with Crippen molar-refractivity contribution in [3.8, 4) is 17.1 Å². The summed E-state index contributed by atoms with van der Waals surface area (Å²) < 4.78 is 5.56. The van der Waals surface area contributed by atoms with Crippen LogP contribution in [0.1, 0.15) is 16.1 Å². The largest absolute Gasteiger partial charge is 0.438 e. The fourth-order valence-corrected chi connectivity index (χ4v) is 3.06. The minimum absolute atomic E-state index is 0.0529. The third-order valence-corrected chi connectivity index (χ3v) is 4.53. The van der Waals surface area contributed by atoms with E-state index in [2.05, 4.69) is 28.4 Å². The second kappa shape index (κ2) is 6.35. The predicted molar refractivity (Wildman–Crippen MR) is 102 cm³/mol.